The third-order valence-corrected chi connectivity index (χ3v) is 3.96. The van der Waals surface area contributed by atoms with Gasteiger partial charge in [-0.05, 0) is 18.2 Å². The fourth-order valence-electron chi connectivity index (χ4n) is 1.39. The van der Waals surface area contributed by atoms with Crippen LogP contribution in [0.2, 0.25) is 0 Å². The molecule has 1 aliphatic rings. The predicted octanol–water partition coefficient (Wildman–Crippen LogP) is 0.501. The molecule has 0 fully saturated rings. The molecule has 1 heterocycles. The van der Waals surface area contributed by atoms with E-state index in [2.05, 4.69) is 31.0 Å². The van der Waals surface area contributed by atoms with Crippen LogP contribution in [0.25, 0.3) is 0 Å². The Morgan fingerprint density at radius 1 is 1.41 bits per heavy atom. The van der Waals surface area contributed by atoms with Gasteiger partial charge in [-0.25, -0.2) is 18.1 Å². The van der Waals surface area contributed by atoms with Crippen molar-refractivity contribution in [2.45, 2.75) is 4.90 Å². The first-order valence-corrected chi connectivity index (χ1v) is 7.05. The van der Waals surface area contributed by atoms with Crippen molar-refractivity contribution in [3.8, 4) is 0 Å². The zero-order chi connectivity index (χ0) is 12.5. The van der Waals surface area contributed by atoms with Crippen molar-refractivity contribution in [3.05, 3.63) is 22.7 Å². The van der Waals surface area contributed by atoms with Gasteiger partial charge in [-0.3, -0.25) is 0 Å². The first-order valence-electron chi connectivity index (χ1n) is 4.77. The summed E-state index contributed by atoms with van der Waals surface area (Å²) in [5.41, 5.74) is 0.462. The van der Waals surface area contributed by atoms with Gasteiger partial charge in [0.1, 0.15) is 4.90 Å². The largest absolute Gasteiger partial charge is 0.394 e. The van der Waals surface area contributed by atoms with Crippen molar-refractivity contribution in [1.29, 1.82) is 0 Å². The van der Waals surface area contributed by atoms with Gasteiger partial charge >= 0.3 is 0 Å². The molecule has 0 spiro atoms. The lowest BCUT2D eigenvalue weighted by Crippen LogP contribution is -2.40. The van der Waals surface area contributed by atoms with Crippen molar-refractivity contribution in [2.75, 3.05) is 18.5 Å². The molecule has 0 saturated heterocycles. The molecule has 1 aromatic rings. The summed E-state index contributed by atoms with van der Waals surface area (Å²) >= 11 is 3.22. The average molecular weight is 320 g/mol. The lowest BCUT2D eigenvalue weighted by molar-refractivity contribution is 0.307. The SMILES string of the molecule is O=S1(=O)NC(=NCCO)Nc2ccc(Br)cc21. The van der Waals surface area contributed by atoms with Crippen LogP contribution in [0.5, 0.6) is 0 Å². The first kappa shape index (κ1) is 12.3. The molecule has 1 aromatic carbocycles. The number of guanidine groups is 1. The number of hydrogen-bond acceptors (Lipinski definition) is 4. The zero-order valence-electron chi connectivity index (χ0n) is 8.64. The summed E-state index contributed by atoms with van der Waals surface area (Å²) < 4.78 is 26.7. The van der Waals surface area contributed by atoms with E-state index in [1.54, 1.807) is 12.1 Å². The van der Waals surface area contributed by atoms with Gasteiger partial charge in [0.05, 0.1) is 18.8 Å². The minimum atomic E-state index is -3.60. The Hall–Kier alpha value is -1.12. The number of aliphatic hydroxyl groups is 1. The highest BCUT2D eigenvalue weighted by molar-refractivity contribution is 9.10. The molecule has 0 atom stereocenters. The van der Waals surface area contributed by atoms with E-state index in [4.69, 9.17) is 5.11 Å². The van der Waals surface area contributed by atoms with Gasteiger partial charge < -0.3 is 10.4 Å². The normalized spacial score (nSPS) is 19.3. The van der Waals surface area contributed by atoms with E-state index in [1.807, 2.05) is 0 Å². The fourth-order valence-corrected chi connectivity index (χ4v) is 3.07. The molecule has 0 aliphatic carbocycles. The second-order valence-corrected chi connectivity index (χ2v) is 5.89. The monoisotopic (exact) mass is 319 g/mol. The third kappa shape index (κ3) is 2.59. The summed E-state index contributed by atoms with van der Waals surface area (Å²) in [6.45, 7) is -0.00316. The van der Waals surface area contributed by atoms with Gasteiger partial charge in [-0.15, -0.1) is 0 Å². The molecule has 92 valence electrons. The Labute approximate surface area is 107 Å². The standard InChI is InChI=1S/C9H10BrN3O3S/c10-6-1-2-7-8(5-6)17(15,16)13-9(12-7)11-3-4-14/h1-2,5,14H,3-4H2,(H2,11,12,13). The zero-order valence-corrected chi connectivity index (χ0v) is 11.0. The van der Waals surface area contributed by atoms with Gasteiger partial charge in [0, 0.05) is 4.47 Å². The van der Waals surface area contributed by atoms with Crippen LogP contribution >= 0.6 is 15.9 Å². The van der Waals surface area contributed by atoms with Crippen LogP contribution in [-0.4, -0.2) is 32.6 Å². The van der Waals surface area contributed by atoms with Gasteiger partial charge in [0.25, 0.3) is 10.0 Å². The van der Waals surface area contributed by atoms with E-state index >= 15 is 0 Å². The quantitative estimate of drug-likeness (QED) is 0.740. The first-order chi connectivity index (χ1) is 8.03. The maximum Gasteiger partial charge on any atom is 0.266 e. The van der Waals surface area contributed by atoms with Crippen molar-refractivity contribution < 1.29 is 13.5 Å². The molecule has 1 aliphatic heterocycles. The lowest BCUT2D eigenvalue weighted by atomic mass is 10.3. The van der Waals surface area contributed by atoms with Crippen molar-refractivity contribution >= 4 is 37.6 Å². The fraction of sp³-hybridized carbons (Fsp3) is 0.222. The van der Waals surface area contributed by atoms with E-state index in [0.29, 0.717) is 10.2 Å². The Bertz CT molecular complexity index is 571. The van der Waals surface area contributed by atoms with Crippen LogP contribution in [0, 0.1) is 0 Å². The van der Waals surface area contributed by atoms with Crippen LogP contribution in [-0.2, 0) is 10.0 Å². The Balaban J connectivity index is 2.45. The number of aliphatic hydroxyl groups excluding tert-OH is 1. The Morgan fingerprint density at radius 2 is 2.18 bits per heavy atom. The number of halogens is 1. The number of nitrogens with zero attached hydrogens (tertiary/aromatic N) is 1. The van der Waals surface area contributed by atoms with Crippen molar-refractivity contribution in [1.82, 2.24) is 4.72 Å². The number of sulfonamides is 1. The molecule has 0 bridgehead atoms. The minimum absolute atomic E-state index is 0.119. The second kappa shape index (κ2) is 4.63. The molecule has 17 heavy (non-hydrogen) atoms. The van der Waals surface area contributed by atoms with E-state index < -0.39 is 10.0 Å². The molecule has 0 saturated carbocycles. The van der Waals surface area contributed by atoms with Gasteiger partial charge in [0.2, 0.25) is 5.96 Å². The van der Waals surface area contributed by atoms with Crippen molar-refractivity contribution in [2.24, 2.45) is 4.99 Å². The minimum Gasteiger partial charge on any atom is -0.394 e. The summed E-state index contributed by atoms with van der Waals surface area (Å²) in [6, 6.07) is 4.89. The van der Waals surface area contributed by atoms with Gasteiger partial charge in [-0.1, -0.05) is 15.9 Å². The summed E-state index contributed by atoms with van der Waals surface area (Å²) in [4.78, 5) is 4.03. The molecule has 0 amide bonds. The Kier molecular flexibility index (Phi) is 3.36. The highest BCUT2D eigenvalue weighted by atomic mass is 79.9. The number of hydrogen-bond donors (Lipinski definition) is 3. The van der Waals surface area contributed by atoms with Crippen LogP contribution in [0.3, 0.4) is 0 Å². The summed E-state index contributed by atoms with van der Waals surface area (Å²) in [6.07, 6.45) is 0. The summed E-state index contributed by atoms with van der Waals surface area (Å²) in [5, 5.41) is 11.5. The topological polar surface area (TPSA) is 90.8 Å². The molecule has 3 N–H and O–H groups in total. The van der Waals surface area contributed by atoms with Crippen LogP contribution in [0.1, 0.15) is 0 Å². The third-order valence-electron chi connectivity index (χ3n) is 2.09. The smallest absolute Gasteiger partial charge is 0.266 e. The lowest BCUT2D eigenvalue weighted by Gasteiger charge is -2.21. The van der Waals surface area contributed by atoms with Crippen molar-refractivity contribution in [3.63, 3.8) is 0 Å². The van der Waals surface area contributed by atoms with Crippen LogP contribution in [0.4, 0.5) is 5.69 Å². The molecule has 8 heteroatoms. The number of anilines is 1. The second-order valence-electron chi connectivity index (χ2n) is 3.32. The number of fused-ring (bicyclic) bond motifs is 1. The number of rotatable bonds is 2. The van der Waals surface area contributed by atoms with Crippen LogP contribution < -0.4 is 10.0 Å². The van der Waals surface area contributed by atoms with E-state index in [0.717, 1.165) is 0 Å². The summed E-state index contributed by atoms with van der Waals surface area (Å²) in [5.74, 6) is 0.119. The van der Waals surface area contributed by atoms with E-state index in [1.165, 1.54) is 6.07 Å². The molecule has 6 nitrogen and oxygen atoms in total. The highest BCUT2D eigenvalue weighted by Crippen LogP contribution is 2.27. The van der Waals surface area contributed by atoms with E-state index in [-0.39, 0.29) is 24.0 Å². The van der Waals surface area contributed by atoms with E-state index in [9.17, 15) is 8.42 Å². The van der Waals surface area contributed by atoms with Gasteiger partial charge in [0.15, 0.2) is 0 Å². The maximum atomic E-state index is 11.9. The molecular formula is C9H10BrN3O3S. The predicted molar refractivity (Wildman–Crippen MR) is 67.5 cm³/mol. The maximum absolute atomic E-state index is 11.9. The molecule has 0 unspecified atom stereocenters. The average Bonchev–Trinajstić information content (AvgIpc) is 2.27. The molecule has 0 aromatic heterocycles. The highest BCUT2D eigenvalue weighted by Gasteiger charge is 2.26. The molecule has 0 radical (unpaired) electrons. The van der Waals surface area contributed by atoms with Crippen LogP contribution in [0.15, 0.2) is 32.6 Å². The molecule has 2 rings (SSSR count). The number of aliphatic imine (C=N–C) groups is 1. The summed E-state index contributed by atoms with van der Waals surface area (Å²) in [7, 11) is -3.60. The number of nitrogens with one attached hydrogen (secondary N) is 2. The molecular weight excluding hydrogens is 310 g/mol. The Morgan fingerprint density at radius 3 is 2.88 bits per heavy atom. The van der Waals surface area contributed by atoms with Gasteiger partial charge in [-0.2, -0.15) is 0 Å². The number of benzene rings is 1.